The molecule has 1 amide bonds. The smallest absolute Gasteiger partial charge is 0.239 e. The Bertz CT molecular complexity index is 495. The topological polar surface area (TPSA) is 59.4 Å². The van der Waals surface area contributed by atoms with Crippen molar-refractivity contribution in [3.8, 4) is 0 Å². The average molecular weight is 280 g/mol. The highest BCUT2D eigenvalue weighted by molar-refractivity contribution is 5.91. The molecule has 1 aromatic rings. The van der Waals surface area contributed by atoms with E-state index in [0.717, 1.165) is 24.6 Å². The number of nitrogens with zero attached hydrogens (tertiary/aromatic N) is 3. The highest BCUT2D eigenvalue weighted by Gasteiger charge is 2.32. The largest absolute Gasteiger partial charge is 0.370 e. The third-order valence-corrected chi connectivity index (χ3v) is 3.28. The lowest BCUT2D eigenvalue weighted by Gasteiger charge is -2.41. The molecule has 1 saturated heterocycles. The van der Waals surface area contributed by atoms with Gasteiger partial charge in [-0.05, 0) is 27.7 Å². The van der Waals surface area contributed by atoms with E-state index in [9.17, 15) is 4.79 Å². The van der Waals surface area contributed by atoms with Gasteiger partial charge in [-0.25, -0.2) is 0 Å². The molecule has 1 aliphatic rings. The van der Waals surface area contributed by atoms with Crippen LogP contribution >= 0.6 is 0 Å². The molecule has 6 nitrogen and oxygen atoms in total. The SMILES string of the molecule is Cc1cc(NC(=O)CN2CC(C)OC(C)(C)C2)n(C)n1. The Balaban J connectivity index is 1.93. The fourth-order valence-electron chi connectivity index (χ4n) is 2.82. The van der Waals surface area contributed by atoms with E-state index in [1.165, 1.54) is 0 Å². The highest BCUT2D eigenvalue weighted by Crippen LogP contribution is 2.20. The number of carbonyl (C=O) groups excluding carboxylic acids is 1. The monoisotopic (exact) mass is 280 g/mol. The number of aromatic nitrogens is 2. The standard InChI is InChI=1S/C14H24N4O2/c1-10-6-12(17(5)16-10)15-13(19)8-18-7-11(2)20-14(3,4)9-18/h6,11H,7-9H2,1-5H3,(H,15,19). The van der Waals surface area contributed by atoms with Crippen molar-refractivity contribution in [3.63, 3.8) is 0 Å². The van der Waals surface area contributed by atoms with E-state index in [2.05, 4.69) is 29.2 Å². The van der Waals surface area contributed by atoms with Crippen LogP contribution < -0.4 is 5.32 Å². The maximum atomic E-state index is 12.1. The van der Waals surface area contributed by atoms with Crippen molar-refractivity contribution in [2.75, 3.05) is 25.0 Å². The van der Waals surface area contributed by atoms with Crippen molar-refractivity contribution in [1.29, 1.82) is 0 Å². The summed E-state index contributed by atoms with van der Waals surface area (Å²) in [6.07, 6.45) is 0.144. The molecule has 20 heavy (non-hydrogen) atoms. The molecule has 112 valence electrons. The number of morpholine rings is 1. The summed E-state index contributed by atoms with van der Waals surface area (Å²) in [5.74, 6) is 0.714. The molecule has 1 aliphatic heterocycles. The Morgan fingerprint density at radius 3 is 2.85 bits per heavy atom. The molecular weight excluding hydrogens is 256 g/mol. The minimum absolute atomic E-state index is 0.0158. The molecule has 1 unspecified atom stereocenters. The number of hydrogen-bond donors (Lipinski definition) is 1. The predicted molar refractivity (Wildman–Crippen MR) is 77.6 cm³/mol. The first-order valence-electron chi connectivity index (χ1n) is 6.96. The Morgan fingerprint density at radius 1 is 1.60 bits per heavy atom. The second kappa shape index (κ2) is 5.54. The van der Waals surface area contributed by atoms with E-state index < -0.39 is 0 Å². The van der Waals surface area contributed by atoms with Crippen LogP contribution in [0.5, 0.6) is 0 Å². The predicted octanol–water partition coefficient (Wildman–Crippen LogP) is 1.17. The first-order valence-corrected chi connectivity index (χ1v) is 6.96. The van der Waals surface area contributed by atoms with Gasteiger partial charge in [-0.3, -0.25) is 14.4 Å². The minimum atomic E-state index is -0.207. The first-order chi connectivity index (χ1) is 9.25. The molecule has 0 aliphatic carbocycles. The Labute approximate surface area is 120 Å². The van der Waals surface area contributed by atoms with Gasteiger partial charge in [0.1, 0.15) is 5.82 Å². The van der Waals surface area contributed by atoms with Crippen LogP contribution in [0.1, 0.15) is 26.5 Å². The van der Waals surface area contributed by atoms with Gasteiger partial charge in [0.15, 0.2) is 0 Å². The number of aryl methyl sites for hydroxylation is 2. The summed E-state index contributed by atoms with van der Waals surface area (Å²) >= 11 is 0. The van der Waals surface area contributed by atoms with Crippen LogP contribution in [-0.2, 0) is 16.6 Å². The minimum Gasteiger partial charge on any atom is -0.370 e. The van der Waals surface area contributed by atoms with Crippen LogP contribution in [0.3, 0.4) is 0 Å². The maximum Gasteiger partial charge on any atom is 0.239 e. The van der Waals surface area contributed by atoms with Gasteiger partial charge in [0, 0.05) is 26.2 Å². The summed E-state index contributed by atoms with van der Waals surface area (Å²) in [5.41, 5.74) is 0.685. The number of ether oxygens (including phenoxy) is 1. The van der Waals surface area contributed by atoms with E-state index >= 15 is 0 Å². The second-order valence-electron chi connectivity index (χ2n) is 6.20. The number of hydrogen-bond acceptors (Lipinski definition) is 4. The van der Waals surface area contributed by atoms with Gasteiger partial charge in [-0.1, -0.05) is 0 Å². The molecule has 0 radical (unpaired) electrons. The normalized spacial score (nSPS) is 22.8. The molecule has 1 aromatic heterocycles. The van der Waals surface area contributed by atoms with E-state index in [1.807, 2.05) is 27.0 Å². The highest BCUT2D eigenvalue weighted by atomic mass is 16.5. The van der Waals surface area contributed by atoms with Crippen LogP contribution in [0.15, 0.2) is 6.07 Å². The van der Waals surface area contributed by atoms with Gasteiger partial charge in [0.2, 0.25) is 5.91 Å². The van der Waals surface area contributed by atoms with E-state index in [0.29, 0.717) is 6.54 Å². The lowest BCUT2D eigenvalue weighted by Crippen LogP contribution is -2.53. The zero-order valence-corrected chi connectivity index (χ0v) is 12.9. The van der Waals surface area contributed by atoms with Crippen LogP contribution in [-0.4, -0.2) is 51.9 Å². The average Bonchev–Trinajstić information content (AvgIpc) is 2.53. The molecule has 0 aromatic carbocycles. The van der Waals surface area contributed by atoms with E-state index in [4.69, 9.17) is 4.74 Å². The molecule has 0 spiro atoms. The third kappa shape index (κ3) is 3.80. The molecule has 6 heteroatoms. The zero-order valence-electron chi connectivity index (χ0n) is 12.9. The van der Waals surface area contributed by atoms with Crippen LogP contribution in [0.25, 0.3) is 0 Å². The maximum absolute atomic E-state index is 12.1. The molecule has 1 N–H and O–H groups in total. The molecule has 0 bridgehead atoms. The van der Waals surface area contributed by atoms with Crippen molar-refractivity contribution in [2.24, 2.45) is 7.05 Å². The number of amides is 1. The molecule has 0 saturated carbocycles. The summed E-state index contributed by atoms with van der Waals surface area (Å²) in [5, 5.41) is 7.11. The van der Waals surface area contributed by atoms with Gasteiger partial charge in [0.25, 0.3) is 0 Å². The molecular formula is C14H24N4O2. The number of carbonyl (C=O) groups is 1. The summed E-state index contributed by atoms with van der Waals surface area (Å²) in [4.78, 5) is 14.3. The Kier molecular flexibility index (Phi) is 4.15. The van der Waals surface area contributed by atoms with Crippen molar-refractivity contribution >= 4 is 11.7 Å². The second-order valence-corrected chi connectivity index (χ2v) is 6.20. The van der Waals surface area contributed by atoms with Crippen molar-refractivity contribution in [1.82, 2.24) is 14.7 Å². The van der Waals surface area contributed by atoms with Gasteiger partial charge < -0.3 is 10.1 Å². The first kappa shape index (κ1) is 15.0. The fraction of sp³-hybridized carbons (Fsp3) is 0.714. The Hall–Kier alpha value is -1.40. The van der Waals surface area contributed by atoms with Crippen LogP contribution in [0.2, 0.25) is 0 Å². The number of anilines is 1. The van der Waals surface area contributed by atoms with Crippen molar-refractivity contribution in [2.45, 2.75) is 39.4 Å². The molecule has 2 rings (SSSR count). The van der Waals surface area contributed by atoms with Gasteiger partial charge in [0.05, 0.1) is 23.9 Å². The number of nitrogens with one attached hydrogen (secondary N) is 1. The quantitative estimate of drug-likeness (QED) is 0.903. The van der Waals surface area contributed by atoms with Gasteiger partial charge in [-0.2, -0.15) is 5.10 Å². The molecule has 1 atom stereocenters. The third-order valence-electron chi connectivity index (χ3n) is 3.28. The molecule has 1 fully saturated rings. The summed E-state index contributed by atoms with van der Waals surface area (Å²) in [7, 11) is 1.82. The van der Waals surface area contributed by atoms with Crippen LogP contribution in [0.4, 0.5) is 5.82 Å². The van der Waals surface area contributed by atoms with E-state index in [1.54, 1.807) is 4.68 Å². The summed E-state index contributed by atoms with van der Waals surface area (Å²) in [6, 6.07) is 1.86. The molecule has 2 heterocycles. The van der Waals surface area contributed by atoms with Gasteiger partial charge >= 0.3 is 0 Å². The lowest BCUT2D eigenvalue weighted by atomic mass is 10.1. The van der Waals surface area contributed by atoms with Crippen molar-refractivity contribution in [3.05, 3.63) is 11.8 Å². The Morgan fingerprint density at radius 2 is 2.30 bits per heavy atom. The van der Waals surface area contributed by atoms with Crippen molar-refractivity contribution < 1.29 is 9.53 Å². The van der Waals surface area contributed by atoms with E-state index in [-0.39, 0.29) is 17.6 Å². The van der Waals surface area contributed by atoms with Gasteiger partial charge in [-0.15, -0.1) is 0 Å². The summed E-state index contributed by atoms with van der Waals surface area (Å²) < 4.78 is 7.52. The zero-order chi connectivity index (χ0) is 14.9. The van der Waals surface area contributed by atoms with Crippen LogP contribution in [0, 0.1) is 6.92 Å². The number of rotatable bonds is 3. The summed E-state index contributed by atoms with van der Waals surface area (Å²) in [6.45, 7) is 9.96. The fourth-order valence-corrected chi connectivity index (χ4v) is 2.82. The lowest BCUT2D eigenvalue weighted by molar-refractivity contribution is -0.136.